The van der Waals surface area contributed by atoms with Crippen LogP contribution >= 0.6 is 0 Å². The zero-order valence-corrected chi connectivity index (χ0v) is 23.5. The number of esters is 2. The van der Waals surface area contributed by atoms with E-state index in [0.717, 1.165) is 32.1 Å². The molecule has 0 radical (unpaired) electrons. The molecule has 0 spiro atoms. The number of rotatable bonds is 20. The van der Waals surface area contributed by atoms with Gasteiger partial charge in [-0.2, -0.15) is 0 Å². The van der Waals surface area contributed by atoms with Gasteiger partial charge < -0.3 is 9.47 Å². The van der Waals surface area contributed by atoms with Gasteiger partial charge in [0.1, 0.15) is 0 Å². The molecule has 1 aliphatic carbocycles. The predicted octanol–water partition coefficient (Wildman–Crippen LogP) is 8.82. The monoisotopic (exact) mass is 492 g/mol. The quantitative estimate of drug-likeness (QED) is 0.0967. The molecule has 0 aromatic carbocycles. The highest BCUT2D eigenvalue weighted by Crippen LogP contribution is 2.35. The Morgan fingerprint density at radius 2 is 1.03 bits per heavy atom. The first-order valence-electron chi connectivity index (χ1n) is 15.0. The van der Waals surface area contributed by atoms with E-state index < -0.39 is 11.8 Å². The highest BCUT2D eigenvalue weighted by Gasteiger charge is 2.42. The van der Waals surface area contributed by atoms with E-state index in [9.17, 15) is 9.59 Å². The largest absolute Gasteiger partial charge is 0.465 e. The molecule has 0 heterocycles. The standard InChI is InChI=1S/C31H56O4/c1-5-7-9-11-13-15-17-19-24-34-30(32)28-26(3)22-21-23-27(4)29(28)31(33)35-25-20-18-16-14-12-10-8-6-2/h21-22,26-29H,5-20,23-25H2,1-4H3. The molecule has 1 aliphatic rings. The second-order valence-corrected chi connectivity index (χ2v) is 10.8. The molecule has 4 heteroatoms. The number of carbonyl (C=O) groups is 2. The van der Waals surface area contributed by atoms with Crippen LogP contribution in [0.15, 0.2) is 12.2 Å². The van der Waals surface area contributed by atoms with Gasteiger partial charge in [0.05, 0.1) is 25.0 Å². The molecule has 0 saturated carbocycles. The lowest BCUT2D eigenvalue weighted by atomic mass is 9.77. The van der Waals surface area contributed by atoms with Crippen molar-refractivity contribution in [2.24, 2.45) is 23.7 Å². The van der Waals surface area contributed by atoms with Crippen molar-refractivity contribution in [3.63, 3.8) is 0 Å². The molecule has 35 heavy (non-hydrogen) atoms. The highest BCUT2D eigenvalue weighted by molar-refractivity contribution is 5.83. The summed E-state index contributed by atoms with van der Waals surface area (Å²) in [5.74, 6) is -1.28. The topological polar surface area (TPSA) is 52.6 Å². The van der Waals surface area contributed by atoms with Crippen LogP contribution < -0.4 is 0 Å². The van der Waals surface area contributed by atoms with Crippen molar-refractivity contribution in [3.05, 3.63) is 12.2 Å². The maximum atomic E-state index is 13.1. The van der Waals surface area contributed by atoms with Crippen LogP contribution in [0.2, 0.25) is 0 Å². The molecule has 0 saturated heterocycles. The number of allylic oxidation sites excluding steroid dienone is 2. The van der Waals surface area contributed by atoms with Gasteiger partial charge in [-0.1, -0.05) is 130 Å². The Bertz CT molecular complexity index is 570. The summed E-state index contributed by atoms with van der Waals surface area (Å²) < 4.78 is 11.4. The lowest BCUT2D eigenvalue weighted by molar-refractivity contribution is -0.164. The van der Waals surface area contributed by atoms with Gasteiger partial charge >= 0.3 is 11.9 Å². The van der Waals surface area contributed by atoms with Crippen molar-refractivity contribution in [2.75, 3.05) is 13.2 Å². The summed E-state index contributed by atoms with van der Waals surface area (Å²) in [7, 11) is 0. The molecular weight excluding hydrogens is 436 g/mol. The molecule has 204 valence electrons. The van der Waals surface area contributed by atoms with Crippen LogP contribution in [0.3, 0.4) is 0 Å². The molecule has 1 rings (SSSR count). The van der Waals surface area contributed by atoms with Gasteiger partial charge in [0.25, 0.3) is 0 Å². The van der Waals surface area contributed by atoms with E-state index in [1.165, 1.54) is 77.0 Å². The van der Waals surface area contributed by atoms with E-state index in [1.54, 1.807) is 0 Å². The Morgan fingerprint density at radius 1 is 0.629 bits per heavy atom. The number of carbonyl (C=O) groups excluding carboxylic acids is 2. The van der Waals surface area contributed by atoms with Crippen molar-refractivity contribution in [1.82, 2.24) is 0 Å². The number of ether oxygens (including phenoxy) is 2. The fourth-order valence-electron chi connectivity index (χ4n) is 5.21. The smallest absolute Gasteiger partial charge is 0.310 e. The summed E-state index contributed by atoms with van der Waals surface area (Å²) in [5, 5.41) is 0. The van der Waals surface area contributed by atoms with Gasteiger partial charge in [-0.15, -0.1) is 0 Å². The molecule has 0 aromatic heterocycles. The van der Waals surface area contributed by atoms with E-state index in [-0.39, 0.29) is 23.8 Å². The highest BCUT2D eigenvalue weighted by atomic mass is 16.5. The van der Waals surface area contributed by atoms with Gasteiger partial charge in [-0.05, 0) is 31.1 Å². The molecule has 4 nitrogen and oxygen atoms in total. The molecule has 0 aliphatic heterocycles. The third-order valence-electron chi connectivity index (χ3n) is 7.54. The van der Waals surface area contributed by atoms with Gasteiger partial charge in [0, 0.05) is 0 Å². The second-order valence-electron chi connectivity index (χ2n) is 10.8. The number of unbranched alkanes of at least 4 members (excludes halogenated alkanes) is 14. The molecule has 4 unspecified atom stereocenters. The lowest BCUT2D eigenvalue weighted by Crippen LogP contribution is -2.39. The Hall–Kier alpha value is -1.32. The molecule has 0 bridgehead atoms. The summed E-state index contributed by atoms with van der Waals surface area (Å²) in [6, 6.07) is 0. The predicted molar refractivity (Wildman–Crippen MR) is 146 cm³/mol. The summed E-state index contributed by atoms with van der Waals surface area (Å²) >= 11 is 0. The van der Waals surface area contributed by atoms with Crippen molar-refractivity contribution in [1.29, 1.82) is 0 Å². The van der Waals surface area contributed by atoms with E-state index in [1.807, 2.05) is 6.92 Å². The minimum Gasteiger partial charge on any atom is -0.465 e. The van der Waals surface area contributed by atoms with Crippen LogP contribution in [0.25, 0.3) is 0 Å². The molecular formula is C31H56O4. The average Bonchev–Trinajstić information content (AvgIpc) is 2.99. The summed E-state index contributed by atoms with van der Waals surface area (Å²) in [6.07, 6.45) is 24.4. The van der Waals surface area contributed by atoms with Crippen molar-refractivity contribution in [3.8, 4) is 0 Å². The fourth-order valence-corrected chi connectivity index (χ4v) is 5.21. The summed E-state index contributed by atoms with van der Waals surface area (Å²) in [5.41, 5.74) is 0. The van der Waals surface area contributed by atoms with Crippen LogP contribution in [0, 0.1) is 23.7 Å². The minimum absolute atomic E-state index is 0.0216. The third kappa shape index (κ3) is 14.1. The molecule has 0 aromatic rings. The van der Waals surface area contributed by atoms with E-state index in [0.29, 0.717) is 13.2 Å². The van der Waals surface area contributed by atoms with Gasteiger partial charge in [0.2, 0.25) is 0 Å². The van der Waals surface area contributed by atoms with E-state index in [4.69, 9.17) is 9.47 Å². The number of hydrogen-bond donors (Lipinski definition) is 0. The zero-order chi connectivity index (χ0) is 25.7. The van der Waals surface area contributed by atoms with E-state index in [2.05, 4.69) is 32.9 Å². The maximum absolute atomic E-state index is 13.1. The molecule has 0 fully saturated rings. The number of hydrogen-bond acceptors (Lipinski definition) is 4. The fraction of sp³-hybridized carbons (Fsp3) is 0.871. The SMILES string of the molecule is CCCCCCCCCCOC(=O)C1C(C)C=CCC(C)C1C(=O)OCCCCCCCCCC. The van der Waals surface area contributed by atoms with Crippen molar-refractivity contribution < 1.29 is 19.1 Å². The Balaban J connectivity index is 2.41. The Morgan fingerprint density at radius 3 is 1.49 bits per heavy atom. The van der Waals surface area contributed by atoms with Crippen LogP contribution in [0.5, 0.6) is 0 Å². The van der Waals surface area contributed by atoms with Crippen LogP contribution in [0.1, 0.15) is 137 Å². The van der Waals surface area contributed by atoms with Crippen LogP contribution in [-0.4, -0.2) is 25.2 Å². The van der Waals surface area contributed by atoms with Gasteiger partial charge in [-0.25, -0.2) is 0 Å². The second kappa shape index (κ2) is 20.8. The van der Waals surface area contributed by atoms with Crippen LogP contribution in [0.4, 0.5) is 0 Å². The minimum atomic E-state index is -0.455. The molecule has 0 N–H and O–H groups in total. The van der Waals surface area contributed by atoms with Crippen molar-refractivity contribution >= 4 is 11.9 Å². The average molecular weight is 493 g/mol. The van der Waals surface area contributed by atoms with Crippen LogP contribution in [-0.2, 0) is 19.1 Å². The first-order valence-corrected chi connectivity index (χ1v) is 15.0. The third-order valence-corrected chi connectivity index (χ3v) is 7.54. The lowest BCUT2D eigenvalue weighted by Gasteiger charge is -2.29. The van der Waals surface area contributed by atoms with Gasteiger partial charge in [0.15, 0.2) is 0 Å². The molecule has 4 atom stereocenters. The Kier molecular flexibility index (Phi) is 18.9. The van der Waals surface area contributed by atoms with E-state index >= 15 is 0 Å². The van der Waals surface area contributed by atoms with Crippen molar-refractivity contribution in [2.45, 2.75) is 137 Å². The summed E-state index contributed by atoms with van der Waals surface area (Å²) in [6.45, 7) is 9.47. The first kappa shape index (κ1) is 31.7. The molecule has 0 amide bonds. The first-order chi connectivity index (χ1) is 17.0. The van der Waals surface area contributed by atoms with Gasteiger partial charge in [-0.3, -0.25) is 9.59 Å². The maximum Gasteiger partial charge on any atom is 0.310 e. The Labute approximate surface area is 217 Å². The normalized spacial score (nSPS) is 22.1. The summed E-state index contributed by atoms with van der Waals surface area (Å²) in [4.78, 5) is 26.2. The zero-order valence-electron chi connectivity index (χ0n) is 23.5.